The Balaban J connectivity index is 1.60. The van der Waals surface area contributed by atoms with Crippen molar-refractivity contribution < 1.29 is 19.1 Å². The van der Waals surface area contributed by atoms with Crippen LogP contribution in [0.15, 0.2) is 72.8 Å². The molecule has 2 bridgehead atoms. The van der Waals surface area contributed by atoms with Crippen LogP contribution in [-0.2, 0) is 19.2 Å². The SMILES string of the molecule is COC(=O)c1ccccc1N1C(=O)[C@@H]2C3c4ccccc4C(Cl)(c4ccccc43)[C@@H]2C1=O. The van der Waals surface area contributed by atoms with Crippen molar-refractivity contribution in [3.8, 4) is 0 Å². The fourth-order valence-electron chi connectivity index (χ4n) is 5.87. The molecule has 3 aromatic carbocycles. The summed E-state index contributed by atoms with van der Waals surface area (Å²) in [5, 5.41) is 0. The summed E-state index contributed by atoms with van der Waals surface area (Å²) in [7, 11) is 1.27. The van der Waals surface area contributed by atoms with Gasteiger partial charge >= 0.3 is 5.97 Å². The molecular weight excluding hydrogens is 426 g/mol. The third-order valence-corrected chi connectivity index (χ3v) is 7.71. The average Bonchev–Trinajstić information content (AvgIpc) is 3.10. The molecule has 7 rings (SSSR count). The Kier molecular flexibility index (Phi) is 3.93. The fraction of sp³-hybridized carbons (Fsp3) is 0.192. The Morgan fingerprint density at radius 1 is 0.875 bits per heavy atom. The van der Waals surface area contributed by atoms with Crippen LogP contribution in [0, 0.1) is 11.8 Å². The molecule has 4 aliphatic rings. The van der Waals surface area contributed by atoms with E-state index in [0.717, 1.165) is 27.2 Å². The van der Waals surface area contributed by atoms with Gasteiger partial charge in [0.2, 0.25) is 11.8 Å². The Hall–Kier alpha value is -3.44. The molecule has 0 radical (unpaired) electrons. The highest BCUT2D eigenvalue weighted by molar-refractivity contribution is 6.34. The predicted molar refractivity (Wildman–Crippen MR) is 119 cm³/mol. The van der Waals surface area contributed by atoms with E-state index in [2.05, 4.69) is 0 Å². The van der Waals surface area contributed by atoms with E-state index < -0.39 is 22.7 Å². The Morgan fingerprint density at radius 3 is 2.06 bits per heavy atom. The number of imide groups is 1. The molecule has 0 aromatic heterocycles. The van der Waals surface area contributed by atoms with E-state index >= 15 is 0 Å². The van der Waals surface area contributed by atoms with Gasteiger partial charge in [-0.25, -0.2) is 9.69 Å². The third-order valence-electron chi connectivity index (χ3n) is 7.06. The van der Waals surface area contributed by atoms with Crippen LogP contribution in [-0.4, -0.2) is 24.9 Å². The summed E-state index contributed by atoms with van der Waals surface area (Å²) < 4.78 is 4.89. The first-order valence-electron chi connectivity index (χ1n) is 10.4. The largest absolute Gasteiger partial charge is 0.465 e. The van der Waals surface area contributed by atoms with Gasteiger partial charge in [-0.15, -0.1) is 11.6 Å². The molecule has 3 aliphatic carbocycles. The normalized spacial score (nSPS) is 27.1. The third kappa shape index (κ3) is 2.16. The molecule has 158 valence electrons. The molecule has 1 fully saturated rings. The van der Waals surface area contributed by atoms with Gasteiger partial charge in [-0.05, 0) is 34.4 Å². The summed E-state index contributed by atoms with van der Waals surface area (Å²) >= 11 is 7.41. The van der Waals surface area contributed by atoms with E-state index in [1.165, 1.54) is 7.11 Å². The molecule has 5 nitrogen and oxygen atoms in total. The van der Waals surface area contributed by atoms with Crippen LogP contribution in [0.5, 0.6) is 0 Å². The molecule has 6 heteroatoms. The zero-order chi connectivity index (χ0) is 22.2. The van der Waals surface area contributed by atoms with Crippen molar-refractivity contribution in [2.24, 2.45) is 11.8 Å². The monoisotopic (exact) mass is 443 g/mol. The Bertz CT molecular complexity index is 1290. The highest BCUT2D eigenvalue weighted by atomic mass is 35.5. The van der Waals surface area contributed by atoms with E-state index in [1.54, 1.807) is 24.3 Å². The van der Waals surface area contributed by atoms with E-state index in [-0.39, 0.29) is 29.0 Å². The van der Waals surface area contributed by atoms with E-state index in [0.29, 0.717) is 0 Å². The molecule has 0 saturated carbocycles. The maximum Gasteiger partial charge on any atom is 0.339 e. The fourth-order valence-corrected chi connectivity index (χ4v) is 6.44. The van der Waals surface area contributed by atoms with Crippen molar-refractivity contribution in [1.82, 2.24) is 0 Å². The summed E-state index contributed by atoms with van der Waals surface area (Å²) in [6.45, 7) is 0. The number of nitrogens with zero attached hydrogens (tertiary/aromatic N) is 1. The number of rotatable bonds is 2. The number of carbonyl (C=O) groups is 3. The number of esters is 1. The minimum atomic E-state index is -1.16. The lowest BCUT2D eigenvalue weighted by molar-refractivity contribution is -0.122. The van der Waals surface area contributed by atoms with Gasteiger partial charge in [0.15, 0.2) is 0 Å². The molecule has 1 aliphatic heterocycles. The van der Waals surface area contributed by atoms with Crippen molar-refractivity contribution in [3.05, 3.63) is 101 Å². The molecule has 1 saturated heterocycles. The number of hydrogen-bond donors (Lipinski definition) is 0. The second kappa shape index (κ2) is 6.53. The number of para-hydroxylation sites is 1. The number of halogens is 1. The van der Waals surface area contributed by atoms with Crippen molar-refractivity contribution in [3.63, 3.8) is 0 Å². The minimum Gasteiger partial charge on any atom is -0.465 e. The second-order valence-electron chi connectivity index (χ2n) is 8.39. The molecule has 0 unspecified atom stereocenters. The Morgan fingerprint density at radius 2 is 1.44 bits per heavy atom. The number of hydrogen-bond acceptors (Lipinski definition) is 4. The lowest BCUT2D eigenvalue weighted by Gasteiger charge is -2.50. The van der Waals surface area contributed by atoms with Gasteiger partial charge in [0.1, 0.15) is 4.87 Å². The lowest BCUT2D eigenvalue weighted by Crippen LogP contribution is -2.50. The van der Waals surface area contributed by atoms with E-state index in [4.69, 9.17) is 16.3 Å². The van der Waals surface area contributed by atoms with Crippen molar-refractivity contribution in [1.29, 1.82) is 0 Å². The van der Waals surface area contributed by atoms with Crippen LogP contribution >= 0.6 is 11.6 Å². The number of carbonyl (C=O) groups excluding carboxylic acids is 3. The molecule has 2 amide bonds. The van der Waals surface area contributed by atoms with Gasteiger partial charge in [-0.3, -0.25) is 9.59 Å². The topological polar surface area (TPSA) is 63.7 Å². The smallest absolute Gasteiger partial charge is 0.339 e. The lowest BCUT2D eigenvalue weighted by atomic mass is 9.54. The molecule has 1 heterocycles. The summed E-state index contributed by atoms with van der Waals surface area (Å²) in [6, 6.07) is 22.1. The first-order chi connectivity index (χ1) is 15.5. The van der Waals surface area contributed by atoms with Gasteiger partial charge in [0.05, 0.1) is 30.2 Å². The van der Waals surface area contributed by atoms with Crippen LogP contribution in [0.2, 0.25) is 0 Å². The van der Waals surface area contributed by atoms with Crippen molar-refractivity contribution in [2.75, 3.05) is 12.0 Å². The molecule has 32 heavy (non-hydrogen) atoms. The first kappa shape index (κ1) is 19.3. The summed E-state index contributed by atoms with van der Waals surface area (Å²) in [5.74, 6) is -3.02. The van der Waals surface area contributed by atoms with Gasteiger partial charge in [0.25, 0.3) is 0 Å². The number of anilines is 1. The summed E-state index contributed by atoms with van der Waals surface area (Å²) in [4.78, 5) is 40.1. The van der Waals surface area contributed by atoms with Gasteiger partial charge < -0.3 is 4.74 Å². The van der Waals surface area contributed by atoms with Crippen LogP contribution in [0.25, 0.3) is 0 Å². The molecule has 0 N–H and O–H groups in total. The molecule has 3 aromatic rings. The highest BCUT2D eigenvalue weighted by Gasteiger charge is 2.68. The first-order valence-corrected chi connectivity index (χ1v) is 10.8. The zero-order valence-corrected chi connectivity index (χ0v) is 17.9. The van der Waals surface area contributed by atoms with Gasteiger partial charge in [0, 0.05) is 5.92 Å². The highest BCUT2D eigenvalue weighted by Crippen LogP contribution is 2.65. The minimum absolute atomic E-state index is 0.168. The van der Waals surface area contributed by atoms with Gasteiger partial charge in [-0.2, -0.15) is 0 Å². The standard InChI is InChI=1S/C26H18ClNO4/c1-32-25(31)16-10-4-7-13-19(16)28-23(29)21-20-14-8-2-5-11-17(14)26(27,22(21)24(28)30)18-12-6-3-9-15(18)20/h2-13,20-22H,1H3/t20?,21-,22+,26?/m1/s1. The summed E-state index contributed by atoms with van der Waals surface area (Å²) in [6.07, 6.45) is 0. The number of alkyl halides is 1. The van der Waals surface area contributed by atoms with E-state index in [1.807, 2.05) is 48.5 Å². The van der Waals surface area contributed by atoms with Crippen LogP contribution in [0.3, 0.4) is 0 Å². The van der Waals surface area contributed by atoms with Crippen LogP contribution < -0.4 is 4.90 Å². The molecule has 2 atom stereocenters. The van der Waals surface area contributed by atoms with E-state index in [9.17, 15) is 14.4 Å². The number of amides is 2. The quantitative estimate of drug-likeness (QED) is 0.338. The Labute approximate surface area is 189 Å². The van der Waals surface area contributed by atoms with Crippen molar-refractivity contribution >= 4 is 35.1 Å². The van der Waals surface area contributed by atoms with Gasteiger partial charge in [-0.1, -0.05) is 60.7 Å². The second-order valence-corrected chi connectivity index (χ2v) is 8.98. The van der Waals surface area contributed by atoms with Crippen molar-refractivity contribution in [2.45, 2.75) is 10.8 Å². The zero-order valence-electron chi connectivity index (χ0n) is 17.1. The van der Waals surface area contributed by atoms with Crippen LogP contribution in [0.1, 0.15) is 38.5 Å². The maximum absolute atomic E-state index is 13.9. The molecule has 0 spiro atoms. The molecular formula is C26H18ClNO4. The number of methoxy groups -OCH3 is 1. The maximum atomic E-state index is 13.9. The summed E-state index contributed by atoms with van der Waals surface area (Å²) in [5.41, 5.74) is 4.10. The average molecular weight is 444 g/mol. The number of benzene rings is 3. The van der Waals surface area contributed by atoms with Crippen LogP contribution in [0.4, 0.5) is 5.69 Å². The number of ether oxygens (including phenoxy) is 1. The predicted octanol–water partition coefficient (Wildman–Crippen LogP) is 4.22.